The monoisotopic (exact) mass is 286 g/mol. The highest BCUT2D eigenvalue weighted by atomic mass is 35.5. The molecule has 0 aliphatic heterocycles. The van der Waals surface area contributed by atoms with Crippen molar-refractivity contribution in [1.82, 2.24) is 0 Å². The van der Waals surface area contributed by atoms with Crippen molar-refractivity contribution in [2.45, 2.75) is 5.92 Å². The number of carbonyl (C=O) groups is 2. The second kappa shape index (κ2) is 4.76. The molecule has 0 aromatic heterocycles. The van der Waals surface area contributed by atoms with E-state index in [4.69, 9.17) is 16.3 Å². The Kier molecular flexibility index (Phi) is 3.07. The van der Waals surface area contributed by atoms with Crippen molar-refractivity contribution in [1.29, 1.82) is 0 Å². The molecule has 0 N–H and O–H groups in total. The average Bonchev–Trinajstić information content (AvgIpc) is 2.71. The van der Waals surface area contributed by atoms with Gasteiger partial charge < -0.3 is 4.74 Å². The Morgan fingerprint density at radius 1 is 1.00 bits per heavy atom. The summed E-state index contributed by atoms with van der Waals surface area (Å²) in [7, 11) is 1.52. The first kappa shape index (κ1) is 12.9. The van der Waals surface area contributed by atoms with Gasteiger partial charge in [-0.05, 0) is 17.7 Å². The maximum Gasteiger partial charge on any atom is 0.178 e. The molecule has 0 bridgehead atoms. The van der Waals surface area contributed by atoms with Crippen LogP contribution in [0.5, 0.6) is 5.75 Å². The van der Waals surface area contributed by atoms with Crippen LogP contribution in [0.15, 0.2) is 42.5 Å². The predicted molar refractivity (Wildman–Crippen MR) is 75.8 cm³/mol. The highest BCUT2D eigenvalue weighted by molar-refractivity contribution is 6.33. The smallest absolute Gasteiger partial charge is 0.178 e. The summed E-state index contributed by atoms with van der Waals surface area (Å²) < 4.78 is 5.08. The van der Waals surface area contributed by atoms with Crippen LogP contribution in [-0.4, -0.2) is 18.7 Å². The summed E-state index contributed by atoms with van der Waals surface area (Å²) in [4.78, 5) is 24.8. The van der Waals surface area contributed by atoms with Crippen LogP contribution in [0.4, 0.5) is 0 Å². The summed E-state index contributed by atoms with van der Waals surface area (Å²) in [5.74, 6) is -0.625. The van der Waals surface area contributed by atoms with Gasteiger partial charge in [0.15, 0.2) is 11.6 Å². The normalized spacial score (nSPS) is 14.5. The molecule has 0 spiro atoms. The van der Waals surface area contributed by atoms with Crippen molar-refractivity contribution in [3.63, 3.8) is 0 Å². The molecule has 100 valence electrons. The van der Waals surface area contributed by atoms with Crippen LogP contribution in [0.3, 0.4) is 0 Å². The maximum atomic E-state index is 12.4. The quantitative estimate of drug-likeness (QED) is 0.794. The fourth-order valence-electron chi connectivity index (χ4n) is 2.51. The van der Waals surface area contributed by atoms with Crippen molar-refractivity contribution in [3.05, 3.63) is 64.2 Å². The predicted octanol–water partition coefficient (Wildman–Crippen LogP) is 3.51. The van der Waals surface area contributed by atoms with Crippen LogP contribution >= 0.6 is 11.6 Å². The van der Waals surface area contributed by atoms with E-state index in [0.29, 0.717) is 27.5 Å². The van der Waals surface area contributed by atoms with Crippen LogP contribution in [0, 0.1) is 0 Å². The molecule has 0 unspecified atom stereocenters. The summed E-state index contributed by atoms with van der Waals surface area (Å²) in [6.45, 7) is 0. The number of halogens is 1. The largest absolute Gasteiger partial charge is 0.495 e. The number of benzene rings is 2. The maximum absolute atomic E-state index is 12.4. The molecule has 0 radical (unpaired) electrons. The van der Waals surface area contributed by atoms with Crippen molar-refractivity contribution in [3.8, 4) is 5.75 Å². The molecule has 2 aromatic carbocycles. The lowest BCUT2D eigenvalue weighted by Gasteiger charge is -2.10. The van der Waals surface area contributed by atoms with E-state index < -0.39 is 5.92 Å². The van der Waals surface area contributed by atoms with Crippen LogP contribution in [0.25, 0.3) is 0 Å². The van der Waals surface area contributed by atoms with Gasteiger partial charge in [-0.15, -0.1) is 0 Å². The molecular weight excluding hydrogens is 276 g/mol. The Morgan fingerprint density at radius 3 is 2.10 bits per heavy atom. The fraction of sp³-hybridized carbons (Fsp3) is 0.125. The number of fused-ring (bicyclic) bond motifs is 1. The summed E-state index contributed by atoms with van der Waals surface area (Å²) >= 11 is 6.07. The third-order valence-electron chi connectivity index (χ3n) is 3.49. The molecule has 3 rings (SSSR count). The summed E-state index contributed by atoms with van der Waals surface area (Å²) in [6, 6.07) is 11.9. The first-order valence-electron chi connectivity index (χ1n) is 6.14. The van der Waals surface area contributed by atoms with E-state index in [2.05, 4.69) is 0 Å². The lowest BCUT2D eigenvalue weighted by atomic mass is 9.94. The number of Topliss-reactive ketones (excluding diaryl/α,β-unsaturated/α-hetero) is 2. The summed E-state index contributed by atoms with van der Waals surface area (Å²) in [5, 5.41) is 0.390. The lowest BCUT2D eigenvalue weighted by molar-refractivity contribution is 0.0890. The van der Waals surface area contributed by atoms with Gasteiger partial charge in [-0.2, -0.15) is 0 Å². The minimum Gasteiger partial charge on any atom is -0.495 e. The van der Waals surface area contributed by atoms with E-state index >= 15 is 0 Å². The van der Waals surface area contributed by atoms with Crippen molar-refractivity contribution < 1.29 is 14.3 Å². The van der Waals surface area contributed by atoms with Crippen LogP contribution in [-0.2, 0) is 0 Å². The van der Waals surface area contributed by atoms with Gasteiger partial charge in [0.1, 0.15) is 11.7 Å². The third-order valence-corrected chi connectivity index (χ3v) is 3.79. The molecule has 1 aliphatic rings. The van der Waals surface area contributed by atoms with E-state index in [1.807, 2.05) is 0 Å². The Bertz CT molecular complexity index is 686. The first-order valence-corrected chi connectivity index (χ1v) is 6.52. The number of rotatable bonds is 2. The van der Waals surface area contributed by atoms with Gasteiger partial charge in [-0.25, -0.2) is 0 Å². The average molecular weight is 287 g/mol. The zero-order valence-electron chi connectivity index (χ0n) is 10.7. The molecule has 0 saturated carbocycles. The van der Waals surface area contributed by atoms with Crippen LogP contribution in [0.1, 0.15) is 32.2 Å². The number of methoxy groups -OCH3 is 1. The van der Waals surface area contributed by atoms with Crippen LogP contribution in [0.2, 0.25) is 5.02 Å². The van der Waals surface area contributed by atoms with Gasteiger partial charge in [0, 0.05) is 11.1 Å². The van der Waals surface area contributed by atoms with Crippen molar-refractivity contribution in [2.75, 3.05) is 7.11 Å². The van der Waals surface area contributed by atoms with Gasteiger partial charge in [0.05, 0.1) is 12.1 Å². The standard InChI is InChI=1S/C16H11ClO3/c1-20-13-7-6-9(8-12(13)17)14-15(18)10-4-2-3-5-11(10)16(14)19/h2-8,14H,1H3. The molecule has 1 aliphatic carbocycles. The van der Waals surface area contributed by atoms with Gasteiger partial charge in [-0.3, -0.25) is 9.59 Å². The molecule has 2 aromatic rings. The molecule has 0 amide bonds. The van der Waals surface area contributed by atoms with E-state index in [9.17, 15) is 9.59 Å². The Labute approximate surface area is 121 Å². The molecule has 3 nitrogen and oxygen atoms in total. The molecule has 0 saturated heterocycles. The second-order valence-corrected chi connectivity index (χ2v) is 5.01. The topological polar surface area (TPSA) is 43.4 Å². The number of carbonyl (C=O) groups excluding carboxylic acids is 2. The Balaban J connectivity index is 2.07. The summed E-state index contributed by atoms with van der Waals surface area (Å²) in [5.41, 5.74) is 1.56. The number of ether oxygens (including phenoxy) is 1. The van der Waals surface area contributed by atoms with Gasteiger partial charge in [-0.1, -0.05) is 41.9 Å². The fourth-order valence-corrected chi connectivity index (χ4v) is 2.77. The van der Waals surface area contributed by atoms with E-state index in [1.165, 1.54) is 7.11 Å². The molecular formula is C16H11ClO3. The van der Waals surface area contributed by atoms with Gasteiger partial charge >= 0.3 is 0 Å². The SMILES string of the molecule is COc1ccc(C2C(=O)c3ccccc3C2=O)cc1Cl. The lowest BCUT2D eigenvalue weighted by Crippen LogP contribution is -2.12. The van der Waals surface area contributed by atoms with Crippen molar-refractivity contribution >= 4 is 23.2 Å². The molecule has 0 atom stereocenters. The number of ketones is 2. The van der Waals surface area contributed by atoms with Gasteiger partial charge in [0.25, 0.3) is 0 Å². The van der Waals surface area contributed by atoms with Crippen LogP contribution < -0.4 is 4.74 Å². The van der Waals surface area contributed by atoms with E-state index in [0.717, 1.165) is 0 Å². The van der Waals surface area contributed by atoms with Crippen molar-refractivity contribution in [2.24, 2.45) is 0 Å². The second-order valence-electron chi connectivity index (χ2n) is 4.60. The number of hydrogen-bond donors (Lipinski definition) is 0. The third kappa shape index (κ3) is 1.82. The minimum atomic E-state index is -0.796. The highest BCUT2D eigenvalue weighted by Gasteiger charge is 2.39. The number of hydrogen-bond acceptors (Lipinski definition) is 3. The molecule has 4 heteroatoms. The summed E-state index contributed by atoms with van der Waals surface area (Å²) in [6.07, 6.45) is 0. The Hall–Kier alpha value is -2.13. The highest BCUT2D eigenvalue weighted by Crippen LogP contribution is 2.36. The minimum absolute atomic E-state index is 0.174. The first-order chi connectivity index (χ1) is 9.63. The van der Waals surface area contributed by atoms with Gasteiger partial charge in [0.2, 0.25) is 0 Å². The molecule has 20 heavy (non-hydrogen) atoms. The van der Waals surface area contributed by atoms with E-state index in [-0.39, 0.29) is 11.6 Å². The molecule has 0 fully saturated rings. The zero-order chi connectivity index (χ0) is 14.3. The molecule has 0 heterocycles. The Morgan fingerprint density at radius 2 is 1.60 bits per heavy atom. The van der Waals surface area contributed by atoms with E-state index in [1.54, 1.807) is 42.5 Å². The zero-order valence-corrected chi connectivity index (χ0v) is 11.5.